The number of aryl methyl sites for hydroxylation is 1. The molecular formula is C18H24N4OS. The van der Waals surface area contributed by atoms with Gasteiger partial charge in [-0.25, -0.2) is 0 Å². The van der Waals surface area contributed by atoms with E-state index in [2.05, 4.69) is 36.2 Å². The molecule has 1 aromatic carbocycles. The third kappa shape index (κ3) is 3.21. The molecule has 24 heavy (non-hydrogen) atoms. The predicted octanol–water partition coefficient (Wildman–Crippen LogP) is 2.69. The van der Waals surface area contributed by atoms with Crippen molar-refractivity contribution in [1.29, 1.82) is 0 Å². The lowest BCUT2D eigenvalue weighted by Gasteiger charge is -2.40. The van der Waals surface area contributed by atoms with Crippen LogP contribution in [0.4, 0.5) is 5.69 Å². The number of carbonyl (C=O) groups is 1. The second-order valence-electron chi connectivity index (χ2n) is 6.33. The number of nitrogens with zero attached hydrogens (tertiary/aromatic N) is 4. The van der Waals surface area contributed by atoms with E-state index in [1.165, 1.54) is 5.56 Å². The second-order valence-corrected chi connectivity index (χ2v) is 7.18. The van der Waals surface area contributed by atoms with Gasteiger partial charge in [-0.05, 0) is 32.2 Å². The van der Waals surface area contributed by atoms with Gasteiger partial charge in [-0.15, -0.1) is 11.8 Å². The molecule has 0 unspecified atom stereocenters. The molecule has 0 aliphatic carbocycles. The monoisotopic (exact) mass is 344 g/mol. The number of anilines is 1. The lowest BCUT2D eigenvalue weighted by atomic mass is 10.1. The highest BCUT2D eigenvalue weighted by atomic mass is 32.2. The summed E-state index contributed by atoms with van der Waals surface area (Å²) in [6.45, 7) is 6.27. The number of piperazine rings is 1. The van der Waals surface area contributed by atoms with Crippen molar-refractivity contribution in [3.8, 4) is 0 Å². The fourth-order valence-corrected chi connectivity index (χ4v) is 3.88. The lowest BCUT2D eigenvalue weighted by Crippen LogP contribution is -2.55. The van der Waals surface area contributed by atoms with Crippen LogP contribution in [0, 0.1) is 6.92 Å². The molecule has 2 aromatic rings. The van der Waals surface area contributed by atoms with Crippen molar-refractivity contribution < 1.29 is 4.79 Å². The van der Waals surface area contributed by atoms with Crippen molar-refractivity contribution in [3.05, 3.63) is 41.7 Å². The zero-order valence-electron chi connectivity index (χ0n) is 14.7. The summed E-state index contributed by atoms with van der Waals surface area (Å²) in [5.41, 5.74) is 3.38. The fourth-order valence-electron chi connectivity index (χ4n) is 3.29. The van der Waals surface area contributed by atoms with Gasteiger partial charge in [-0.1, -0.05) is 12.1 Å². The molecule has 0 bridgehead atoms. The largest absolute Gasteiger partial charge is 0.306 e. The van der Waals surface area contributed by atoms with E-state index >= 15 is 0 Å². The first kappa shape index (κ1) is 17.0. The summed E-state index contributed by atoms with van der Waals surface area (Å²) in [5, 5.41) is 4.30. The minimum absolute atomic E-state index is 0.150. The predicted molar refractivity (Wildman–Crippen MR) is 98.4 cm³/mol. The first-order chi connectivity index (χ1) is 11.5. The third-order valence-electron chi connectivity index (χ3n) is 4.67. The van der Waals surface area contributed by atoms with Crippen LogP contribution in [-0.4, -0.2) is 46.0 Å². The van der Waals surface area contributed by atoms with Gasteiger partial charge >= 0.3 is 0 Å². The molecule has 0 N–H and O–H groups in total. The second kappa shape index (κ2) is 6.99. The van der Waals surface area contributed by atoms with Crippen LogP contribution in [-0.2, 0) is 18.4 Å². The van der Waals surface area contributed by atoms with Crippen LogP contribution in [0.3, 0.4) is 0 Å². The number of carbonyl (C=O) groups excluding carboxylic acids is 1. The van der Waals surface area contributed by atoms with Crippen molar-refractivity contribution in [2.24, 2.45) is 7.05 Å². The zero-order valence-corrected chi connectivity index (χ0v) is 15.5. The number of aromatic nitrogens is 2. The Hall–Kier alpha value is -1.79. The molecule has 128 valence electrons. The van der Waals surface area contributed by atoms with Crippen molar-refractivity contribution >= 4 is 23.4 Å². The van der Waals surface area contributed by atoms with Gasteiger partial charge in [0.15, 0.2) is 0 Å². The summed E-state index contributed by atoms with van der Waals surface area (Å²) in [6.07, 6.45) is 3.95. The Morgan fingerprint density at radius 1 is 1.33 bits per heavy atom. The van der Waals surface area contributed by atoms with Crippen LogP contribution >= 0.6 is 11.8 Å². The molecule has 1 amide bonds. The Balaban J connectivity index is 1.77. The Labute approximate surface area is 147 Å². The Morgan fingerprint density at radius 3 is 2.71 bits per heavy atom. The first-order valence-corrected chi connectivity index (χ1v) is 9.38. The molecule has 3 rings (SSSR count). The Morgan fingerprint density at radius 2 is 2.08 bits per heavy atom. The number of thioether (sulfide) groups is 1. The summed E-state index contributed by atoms with van der Waals surface area (Å²) < 4.78 is 1.88. The molecule has 1 atom stereocenters. The zero-order chi connectivity index (χ0) is 17.3. The van der Waals surface area contributed by atoms with Crippen LogP contribution in [0.5, 0.6) is 0 Å². The molecule has 1 aromatic heterocycles. The van der Waals surface area contributed by atoms with Crippen molar-refractivity contribution in [2.45, 2.75) is 31.3 Å². The van der Waals surface area contributed by atoms with E-state index in [0.717, 1.165) is 29.4 Å². The van der Waals surface area contributed by atoms with Gasteiger partial charge in [0.25, 0.3) is 0 Å². The molecule has 1 fully saturated rings. The summed E-state index contributed by atoms with van der Waals surface area (Å²) in [5.74, 6) is 0.164. The van der Waals surface area contributed by atoms with Crippen LogP contribution in [0.2, 0.25) is 0 Å². The topological polar surface area (TPSA) is 41.4 Å². The van der Waals surface area contributed by atoms with Gasteiger partial charge in [0.1, 0.15) is 0 Å². The normalized spacial score (nSPS) is 19.1. The van der Waals surface area contributed by atoms with Crippen molar-refractivity contribution in [1.82, 2.24) is 14.7 Å². The minimum Gasteiger partial charge on any atom is -0.306 e. The molecule has 6 heteroatoms. The van der Waals surface area contributed by atoms with Gasteiger partial charge in [0.05, 0.1) is 18.4 Å². The molecule has 1 saturated heterocycles. The van der Waals surface area contributed by atoms with E-state index in [1.54, 1.807) is 11.8 Å². The van der Waals surface area contributed by atoms with Crippen LogP contribution < -0.4 is 4.90 Å². The minimum atomic E-state index is 0.150. The van der Waals surface area contributed by atoms with Gasteiger partial charge in [0.2, 0.25) is 5.91 Å². The highest BCUT2D eigenvalue weighted by Gasteiger charge is 2.32. The lowest BCUT2D eigenvalue weighted by molar-refractivity contribution is -0.122. The van der Waals surface area contributed by atoms with Crippen LogP contribution in [0.1, 0.15) is 18.2 Å². The number of benzene rings is 1. The van der Waals surface area contributed by atoms with E-state index in [0.29, 0.717) is 6.54 Å². The molecule has 0 saturated carbocycles. The van der Waals surface area contributed by atoms with Crippen molar-refractivity contribution in [3.63, 3.8) is 0 Å². The molecule has 0 spiro atoms. The van der Waals surface area contributed by atoms with E-state index < -0.39 is 0 Å². The summed E-state index contributed by atoms with van der Waals surface area (Å²) >= 11 is 1.68. The van der Waals surface area contributed by atoms with Gasteiger partial charge in [-0.3, -0.25) is 14.4 Å². The number of rotatable bonds is 4. The summed E-state index contributed by atoms with van der Waals surface area (Å²) in [7, 11) is 1.95. The maximum atomic E-state index is 12.8. The maximum absolute atomic E-state index is 12.8. The molecule has 1 aliphatic heterocycles. The van der Waals surface area contributed by atoms with Gasteiger partial charge in [-0.2, -0.15) is 5.10 Å². The standard InChI is InChI=1S/C18H24N4OS/c1-13-10-21(11-15-9-19-20(3)14(15)2)12-18(23)22(13)16-7-5-6-8-17(16)24-4/h5-9,13H,10-12H2,1-4H3/t13-/m0/s1. The van der Waals surface area contributed by atoms with E-state index in [9.17, 15) is 4.79 Å². The van der Waals surface area contributed by atoms with Gasteiger partial charge < -0.3 is 4.90 Å². The summed E-state index contributed by atoms with van der Waals surface area (Å²) in [6, 6.07) is 8.29. The average molecular weight is 344 g/mol. The Bertz CT molecular complexity index is 742. The number of hydrogen-bond donors (Lipinski definition) is 0. The number of hydrogen-bond acceptors (Lipinski definition) is 4. The number of para-hydroxylation sites is 1. The first-order valence-electron chi connectivity index (χ1n) is 8.16. The molecular weight excluding hydrogens is 320 g/mol. The fraction of sp³-hybridized carbons (Fsp3) is 0.444. The summed E-state index contributed by atoms with van der Waals surface area (Å²) in [4.78, 5) is 18.1. The molecule has 5 nitrogen and oxygen atoms in total. The molecule has 1 aliphatic rings. The number of amides is 1. The quantitative estimate of drug-likeness (QED) is 0.800. The van der Waals surface area contributed by atoms with E-state index in [1.807, 2.05) is 41.0 Å². The van der Waals surface area contributed by atoms with Crippen LogP contribution in [0.15, 0.2) is 35.4 Å². The maximum Gasteiger partial charge on any atom is 0.241 e. The highest BCUT2D eigenvalue weighted by molar-refractivity contribution is 7.98. The van der Waals surface area contributed by atoms with Crippen molar-refractivity contribution in [2.75, 3.05) is 24.2 Å². The van der Waals surface area contributed by atoms with Gasteiger partial charge in [0, 0.05) is 42.3 Å². The molecule has 0 radical (unpaired) electrons. The highest BCUT2D eigenvalue weighted by Crippen LogP contribution is 2.31. The SMILES string of the molecule is CSc1ccccc1N1C(=O)CN(Cc2cnn(C)c2C)C[C@@H]1C. The molecule has 2 heterocycles. The Kier molecular flexibility index (Phi) is 4.96. The van der Waals surface area contributed by atoms with Crippen LogP contribution in [0.25, 0.3) is 0 Å². The average Bonchev–Trinajstić information content (AvgIpc) is 2.87. The van der Waals surface area contributed by atoms with E-state index in [-0.39, 0.29) is 11.9 Å². The third-order valence-corrected chi connectivity index (χ3v) is 5.45. The smallest absolute Gasteiger partial charge is 0.241 e. The van der Waals surface area contributed by atoms with E-state index in [4.69, 9.17) is 0 Å².